The second-order valence-electron chi connectivity index (χ2n) is 4.81. The van der Waals surface area contributed by atoms with Crippen LogP contribution in [0, 0.1) is 0 Å². The molecule has 0 spiro atoms. The molecule has 5 atom stereocenters. The van der Waals surface area contributed by atoms with E-state index in [1.165, 1.54) is 7.11 Å². The second kappa shape index (κ2) is 5.69. The van der Waals surface area contributed by atoms with Gasteiger partial charge in [-0.3, -0.25) is 4.90 Å². The first kappa shape index (κ1) is 14.0. The maximum atomic E-state index is 11.2. The third-order valence-corrected chi connectivity index (χ3v) is 3.63. The summed E-state index contributed by atoms with van der Waals surface area (Å²) in [5.41, 5.74) is 1.14. The second-order valence-corrected chi connectivity index (χ2v) is 4.81. The molecule has 1 unspecified atom stereocenters. The molecule has 5 nitrogen and oxygen atoms in total. The summed E-state index contributed by atoms with van der Waals surface area (Å²) in [5.74, 6) is -0.799. The third kappa shape index (κ3) is 2.94. The lowest BCUT2D eigenvalue weighted by Crippen LogP contribution is -2.39. The summed E-state index contributed by atoms with van der Waals surface area (Å²) in [5, 5.41) is 19.5. The molecule has 1 aromatic rings. The van der Waals surface area contributed by atoms with Crippen LogP contribution in [0.5, 0.6) is 0 Å². The van der Waals surface area contributed by atoms with E-state index in [4.69, 9.17) is 0 Å². The Bertz CT molecular complexity index is 436. The van der Waals surface area contributed by atoms with Gasteiger partial charge in [-0.2, -0.15) is 0 Å². The molecular formula is C14H19NO4. The predicted octanol–water partition coefficient (Wildman–Crippen LogP) is 0.327. The normalized spacial score (nSPS) is 26.3. The number of ether oxygens (including phenoxy) is 1. The number of aliphatic hydroxyl groups is 2. The molecule has 1 aromatic carbocycles. The summed E-state index contributed by atoms with van der Waals surface area (Å²) in [6.07, 6.45) is -2.60. The summed E-state index contributed by atoms with van der Waals surface area (Å²) in [6.45, 7) is 2.69. The van der Waals surface area contributed by atoms with Crippen LogP contribution in [0.15, 0.2) is 30.3 Å². The van der Waals surface area contributed by atoms with Gasteiger partial charge in [-0.05, 0) is 12.5 Å². The molecule has 2 N–H and O–H groups in total. The van der Waals surface area contributed by atoms with Gasteiger partial charge >= 0.3 is 5.97 Å². The van der Waals surface area contributed by atoms with Gasteiger partial charge < -0.3 is 14.9 Å². The van der Waals surface area contributed by atoms with Gasteiger partial charge in [-0.25, -0.2) is 4.79 Å². The summed E-state index contributed by atoms with van der Waals surface area (Å²) in [6, 6.07) is 9.85. The fourth-order valence-corrected chi connectivity index (χ4v) is 2.31. The van der Waals surface area contributed by atoms with Crippen LogP contribution in [0.2, 0.25) is 0 Å². The van der Waals surface area contributed by atoms with Crippen LogP contribution in [-0.2, 0) is 9.53 Å². The maximum absolute atomic E-state index is 11.2. The van der Waals surface area contributed by atoms with Crippen molar-refractivity contribution in [3.05, 3.63) is 35.9 Å². The Kier molecular flexibility index (Phi) is 4.19. The van der Waals surface area contributed by atoms with E-state index in [0.29, 0.717) is 6.54 Å². The first-order chi connectivity index (χ1) is 9.06. The van der Waals surface area contributed by atoms with Gasteiger partial charge in [0.1, 0.15) is 6.10 Å². The van der Waals surface area contributed by atoms with E-state index in [1.54, 1.807) is 0 Å². The third-order valence-electron chi connectivity index (χ3n) is 3.63. The number of rotatable bonds is 5. The average Bonchev–Trinajstić information content (AvgIpc) is 3.25. The van der Waals surface area contributed by atoms with Gasteiger partial charge in [0, 0.05) is 12.6 Å². The van der Waals surface area contributed by atoms with Crippen molar-refractivity contribution in [1.82, 2.24) is 4.90 Å². The number of hydrogen-bond acceptors (Lipinski definition) is 5. The number of carbonyl (C=O) groups excluding carboxylic acids is 1. The van der Waals surface area contributed by atoms with Crippen molar-refractivity contribution in [3.63, 3.8) is 0 Å². The lowest BCUT2D eigenvalue weighted by molar-refractivity contribution is -0.156. The minimum absolute atomic E-state index is 0.144. The van der Waals surface area contributed by atoms with Crippen molar-refractivity contribution in [2.45, 2.75) is 31.2 Å². The van der Waals surface area contributed by atoms with E-state index in [2.05, 4.69) is 4.74 Å². The number of nitrogens with zero attached hydrogens (tertiary/aromatic N) is 1. The zero-order chi connectivity index (χ0) is 14.0. The van der Waals surface area contributed by atoms with E-state index in [0.717, 1.165) is 5.56 Å². The summed E-state index contributed by atoms with van der Waals surface area (Å²) in [7, 11) is 1.19. The molecule has 104 valence electrons. The molecule has 2 rings (SSSR count). The van der Waals surface area contributed by atoms with Crippen LogP contribution >= 0.6 is 0 Å². The Morgan fingerprint density at radius 3 is 2.58 bits per heavy atom. The topological polar surface area (TPSA) is 69.8 Å². The van der Waals surface area contributed by atoms with E-state index in [-0.39, 0.29) is 12.1 Å². The van der Waals surface area contributed by atoms with Crippen LogP contribution < -0.4 is 0 Å². The number of esters is 1. The fraction of sp³-hybridized carbons (Fsp3) is 0.500. The molecular weight excluding hydrogens is 246 g/mol. The highest BCUT2D eigenvalue weighted by atomic mass is 16.5. The first-order valence-corrected chi connectivity index (χ1v) is 6.31. The highest BCUT2D eigenvalue weighted by Crippen LogP contribution is 2.34. The van der Waals surface area contributed by atoms with E-state index < -0.39 is 18.2 Å². The van der Waals surface area contributed by atoms with Gasteiger partial charge in [0.25, 0.3) is 0 Å². The van der Waals surface area contributed by atoms with Gasteiger partial charge in [-0.1, -0.05) is 30.3 Å². The molecule has 1 saturated heterocycles. The summed E-state index contributed by atoms with van der Waals surface area (Å²) < 4.78 is 4.42. The van der Waals surface area contributed by atoms with Gasteiger partial charge in [0.05, 0.1) is 13.2 Å². The Morgan fingerprint density at radius 1 is 1.37 bits per heavy atom. The van der Waals surface area contributed by atoms with Gasteiger partial charge in [-0.15, -0.1) is 0 Å². The first-order valence-electron chi connectivity index (χ1n) is 6.31. The van der Waals surface area contributed by atoms with Crippen molar-refractivity contribution >= 4 is 5.97 Å². The minimum atomic E-state index is -1.48. The maximum Gasteiger partial charge on any atom is 0.337 e. The molecule has 19 heavy (non-hydrogen) atoms. The summed E-state index contributed by atoms with van der Waals surface area (Å²) in [4.78, 5) is 13.2. The van der Waals surface area contributed by atoms with E-state index >= 15 is 0 Å². The Balaban J connectivity index is 1.95. The largest absolute Gasteiger partial charge is 0.467 e. The van der Waals surface area contributed by atoms with Crippen molar-refractivity contribution in [2.75, 3.05) is 13.7 Å². The molecule has 0 radical (unpaired) electrons. The number of methoxy groups -OCH3 is 1. The van der Waals surface area contributed by atoms with Crippen LogP contribution in [0.1, 0.15) is 18.5 Å². The van der Waals surface area contributed by atoms with Crippen LogP contribution in [0.3, 0.4) is 0 Å². The van der Waals surface area contributed by atoms with Crippen molar-refractivity contribution < 1.29 is 19.7 Å². The zero-order valence-corrected chi connectivity index (χ0v) is 11.1. The lowest BCUT2D eigenvalue weighted by Gasteiger charge is -2.19. The Hall–Kier alpha value is -1.43. The monoisotopic (exact) mass is 265 g/mol. The standard InChI is InChI=1S/C14H19NO4/c1-9(10-6-4-3-5-7-10)15-8-11(15)12(16)13(17)14(18)19-2/h3-7,9,11-13,16-17H,8H2,1-2H3/t9-,11-,12+,13+,15?/m1/s1. The van der Waals surface area contributed by atoms with Crippen LogP contribution in [-0.4, -0.2) is 53.0 Å². The zero-order valence-electron chi connectivity index (χ0n) is 11.1. The van der Waals surface area contributed by atoms with Crippen LogP contribution in [0.4, 0.5) is 0 Å². The molecule has 0 aliphatic carbocycles. The Morgan fingerprint density at radius 2 is 2.00 bits per heavy atom. The lowest BCUT2D eigenvalue weighted by atomic mass is 10.1. The molecule has 5 heteroatoms. The predicted molar refractivity (Wildman–Crippen MR) is 69.4 cm³/mol. The molecule has 0 saturated carbocycles. The molecule has 0 aromatic heterocycles. The molecule has 1 aliphatic rings. The summed E-state index contributed by atoms with van der Waals surface area (Å²) >= 11 is 0. The van der Waals surface area contributed by atoms with Gasteiger partial charge in [0.2, 0.25) is 0 Å². The number of benzene rings is 1. The average molecular weight is 265 g/mol. The van der Waals surface area contributed by atoms with Crippen molar-refractivity contribution in [3.8, 4) is 0 Å². The molecule has 0 bridgehead atoms. The number of carbonyl (C=O) groups is 1. The van der Waals surface area contributed by atoms with E-state index in [9.17, 15) is 15.0 Å². The Labute approximate surface area is 112 Å². The van der Waals surface area contributed by atoms with Crippen LogP contribution in [0.25, 0.3) is 0 Å². The fourth-order valence-electron chi connectivity index (χ4n) is 2.31. The SMILES string of the molecule is COC(=O)[C@@H](O)[C@@H](O)[C@H]1CN1[C@H](C)c1ccccc1. The van der Waals surface area contributed by atoms with Gasteiger partial charge in [0.15, 0.2) is 6.10 Å². The minimum Gasteiger partial charge on any atom is -0.467 e. The molecule has 1 heterocycles. The van der Waals surface area contributed by atoms with Crippen molar-refractivity contribution in [1.29, 1.82) is 0 Å². The molecule has 1 aliphatic heterocycles. The smallest absolute Gasteiger partial charge is 0.337 e. The quantitative estimate of drug-likeness (QED) is 0.593. The highest BCUT2D eigenvalue weighted by molar-refractivity contribution is 5.75. The van der Waals surface area contributed by atoms with E-state index in [1.807, 2.05) is 42.2 Å². The van der Waals surface area contributed by atoms with Crippen molar-refractivity contribution in [2.24, 2.45) is 0 Å². The highest BCUT2D eigenvalue weighted by Gasteiger charge is 2.47. The number of aliphatic hydroxyl groups excluding tert-OH is 2. The molecule has 0 amide bonds. The number of hydrogen-bond donors (Lipinski definition) is 2. The molecule has 1 fully saturated rings.